The van der Waals surface area contributed by atoms with Gasteiger partial charge in [-0.25, -0.2) is 4.79 Å². The molecule has 0 aliphatic carbocycles. The van der Waals surface area contributed by atoms with Gasteiger partial charge in [0.25, 0.3) is 5.79 Å². The van der Waals surface area contributed by atoms with Crippen molar-refractivity contribution in [1.82, 2.24) is 0 Å². The number of rotatable bonds is 6. The summed E-state index contributed by atoms with van der Waals surface area (Å²) in [5.74, 6) is -0.986. The standard InChI is InChI=1S/C24H24O7/c1-14-15(2)20(28-4)10-5-16(14)13-19-22(21-11-12-29-31-21)23(25)30-24(19,26)17-6-8-18(27-3)9-7-17/h5-11,26H,12-13H2,1-4H3. The van der Waals surface area contributed by atoms with Gasteiger partial charge in [0, 0.05) is 17.6 Å². The number of esters is 1. The van der Waals surface area contributed by atoms with Gasteiger partial charge in [-0.2, -0.15) is 4.89 Å². The Labute approximate surface area is 180 Å². The lowest BCUT2D eigenvalue weighted by Crippen LogP contribution is -2.29. The number of carbonyl (C=O) groups excluding carboxylic acids is 1. The zero-order valence-electron chi connectivity index (χ0n) is 17.9. The first-order valence-electron chi connectivity index (χ1n) is 9.86. The highest BCUT2D eigenvalue weighted by atomic mass is 17.2. The summed E-state index contributed by atoms with van der Waals surface area (Å²) in [5, 5.41) is 11.6. The monoisotopic (exact) mass is 424 g/mol. The van der Waals surface area contributed by atoms with Crippen molar-refractivity contribution in [2.24, 2.45) is 0 Å². The fourth-order valence-corrected chi connectivity index (χ4v) is 3.89. The maximum Gasteiger partial charge on any atom is 0.345 e. The predicted molar refractivity (Wildman–Crippen MR) is 111 cm³/mol. The van der Waals surface area contributed by atoms with Crippen molar-refractivity contribution in [1.29, 1.82) is 0 Å². The van der Waals surface area contributed by atoms with Gasteiger partial charge in [-0.3, -0.25) is 0 Å². The minimum Gasteiger partial charge on any atom is -0.497 e. The maximum atomic E-state index is 12.9. The van der Waals surface area contributed by atoms with Gasteiger partial charge in [-0.1, -0.05) is 6.07 Å². The van der Waals surface area contributed by atoms with Gasteiger partial charge in [0.2, 0.25) is 0 Å². The van der Waals surface area contributed by atoms with Crippen LogP contribution in [0, 0.1) is 13.8 Å². The van der Waals surface area contributed by atoms with Crippen LogP contribution in [0.3, 0.4) is 0 Å². The highest BCUT2D eigenvalue weighted by Gasteiger charge is 2.50. The van der Waals surface area contributed by atoms with Gasteiger partial charge in [0.1, 0.15) is 23.7 Å². The molecule has 0 amide bonds. The third-order valence-corrected chi connectivity index (χ3v) is 5.81. The van der Waals surface area contributed by atoms with Gasteiger partial charge in [-0.05, 0) is 66.9 Å². The Morgan fingerprint density at radius 1 is 1.03 bits per heavy atom. The fraction of sp³-hybridized carbons (Fsp3) is 0.292. The van der Waals surface area contributed by atoms with Crippen LogP contribution in [0.5, 0.6) is 11.5 Å². The Morgan fingerprint density at radius 2 is 1.77 bits per heavy atom. The average molecular weight is 424 g/mol. The van der Waals surface area contributed by atoms with Crippen LogP contribution in [0.1, 0.15) is 22.3 Å². The molecule has 7 nitrogen and oxygen atoms in total. The number of cyclic esters (lactones) is 1. The van der Waals surface area contributed by atoms with Crippen LogP contribution in [0.25, 0.3) is 0 Å². The molecule has 1 N–H and O–H groups in total. The second-order valence-corrected chi connectivity index (χ2v) is 7.41. The number of hydrogen-bond donors (Lipinski definition) is 1. The Balaban J connectivity index is 1.85. The number of benzene rings is 2. The lowest BCUT2D eigenvalue weighted by molar-refractivity contribution is -0.231. The summed E-state index contributed by atoms with van der Waals surface area (Å²) in [6.45, 7) is 4.16. The molecule has 31 heavy (non-hydrogen) atoms. The first kappa shape index (κ1) is 21.0. The highest BCUT2D eigenvalue weighted by molar-refractivity contribution is 5.97. The molecule has 1 atom stereocenters. The second kappa shape index (κ2) is 8.09. The number of ether oxygens (including phenoxy) is 3. The van der Waals surface area contributed by atoms with Crippen molar-refractivity contribution in [3.63, 3.8) is 0 Å². The summed E-state index contributed by atoms with van der Waals surface area (Å²) in [7, 11) is 3.18. The predicted octanol–water partition coefficient (Wildman–Crippen LogP) is 3.41. The third kappa shape index (κ3) is 3.56. The lowest BCUT2D eigenvalue weighted by atomic mass is 9.87. The molecule has 0 saturated heterocycles. The van der Waals surface area contributed by atoms with Crippen LogP contribution in [-0.4, -0.2) is 31.9 Å². The molecule has 0 fully saturated rings. The Hall–Kier alpha value is -3.29. The molecular weight excluding hydrogens is 400 g/mol. The minimum absolute atomic E-state index is 0.170. The van der Waals surface area contributed by atoms with Crippen molar-refractivity contribution in [2.45, 2.75) is 26.1 Å². The smallest absolute Gasteiger partial charge is 0.345 e. The SMILES string of the molecule is COc1ccc(C2(O)OC(=O)C(C3=CCOO3)=C2Cc2ccc(OC)c(C)c2C)cc1. The van der Waals surface area contributed by atoms with Crippen molar-refractivity contribution in [3.05, 3.63) is 81.6 Å². The van der Waals surface area contributed by atoms with Crippen molar-refractivity contribution < 1.29 is 33.9 Å². The summed E-state index contributed by atoms with van der Waals surface area (Å²) in [4.78, 5) is 23.0. The summed E-state index contributed by atoms with van der Waals surface area (Å²) in [6.07, 6.45) is 1.91. The van der Waals surface area contributed by atoms with Crippen LogP contribution in [0.4, 0.5) is 0 Å². The van der Waals surface area contributed by atoms with E-state index in [0.717, 1.165) is 22.4 Å². The van der Waals surface area contributed by atoms with E-state index < -0.39 is 11.8 Å². The van der Waals surface area contributed by atoms with Gasteiger partial charge in [0.15, 0.2) is 5.76 Å². The molecule has 0 aromatic heterocycles. The van der Waals surface area contributed by atoms with Crippen LogP contribution in [0.2, 0.25) is 0 Å². The van der Waals surface area contributed by atoms with E-state index in [0.29, 0.717) is 16.9 Å². The molecule has 2 aliphatic heterocycles. The molecule has 0 saturated carbocycles. The first-order valence-corrected chi connectivity index (χ1v) is 9.86. The van der Waals surface area contributed by atoms with Gasteiger partial charge in [-0.15, -0.1) is 0 Å². The molecular formula is C24H24O7. The molecule has 4 rings (SSSR count). The third-order valence-electron chi connectivity index (χ3n) is 5.81. The summed E-state index contributed by atoms with van der Waals surface area (Å²) < 4.78 is 16.1. The summed E-state index contributed by atoms with van der Waals surface area (Å²) >= 11 is 0. The van der Waals surface area contributed by atoms with E-state index in [9.17, 15) is 9.90 Å². The molecule has 2 aromatic carbocycles. The Morgan fingerprint density at radius 3 is 2.39 bits per heavy atom. The molecule has 2 aliphatic rings. The van der Waals surface area contributed by atoms with Crippen molar-refractivity contribution >= 4 is 5.97 Å². The zero-order chi connectivity index (χ0) is 22.2. The zero-order valence-corrected chi connectivity index (χ0v) is 17.9. The maximum absolute atomic E-state index is 12.9. The minimum atomic E-state index is -1.95. The number of hydrogen-bond acceptors (Lipinski definition) is 7. The van der Waals surface area contributed by atoms with E-state index in [4.69, 9.17) is 24.0 Å². The topological polar surface area (TPSA) is 83.5 Å². The fourth-order valence-electron chi connectivity index (χ4n) is 3.89. The van der Waals surface area contributed by atoms with E-state index in [1.54, 1.807) is 44.6 Å². The van der Waals surface area contributed by atoms with Crippen LogP contribution >= 0.6 is 0 Å². The highest BCUT2D eigenvalue weighted by Crippen LogP contribution is 2.45. The summed E-state index contributed by atoms with van der Waals surface area (Å²) in [6, 6.07) is 10.5. The van der Waals surface area contributed by atoms with Crippen LogP contribution < -0.4 is 9.47 Å². The second-order valence-electron chi connectivity index (χ2n) is 7.41. The van der Waals surface area contributed by atoms with Gasteiger partial charge in [0.05, 0.1) is 14.2 Å². The molecule has 2 aromatic rings. The van der Waals surface area contributed by atoms with Gasteiger partial charge < -0.3 is 24.2 Å². The molecule has 1 unspecified atom stereocenters. The van der Waals surface area contributed by atoms with E-state index in [-0.39, 0.29) is 24.4 Å². The normalized spacial score (nSPS) is 20.4. The molecule has 0 radical (unpaired) electrons. The molecule has 7 heteroatoms. The molecule has 162 valence electrons. The van der Waals surface area contributed by atoms with Crippen molar-refractivity contribution in [2.75, 3.05) is 20.8 Å². The first-order chi connectivity index (χ1) is 14.9. The van der Waals surface area contributed by atoms with Crippen molar-refractivity contribution in [3.8, 4) is 11.5 Å². The Bertz CT molecular complexity index is 1080. The lowest BCUT2D eigenvalue weighted by Gasteiger charge is -2.26. The largest absolute Gasteiger partial charge is 0.497 e. The summed E-state index contributed by atoms with van der Waals surface area (Å²) in [5.41, 5.74) is 3.88. The number of aliphatic hydroxyl groups is 1. The molecule has 0 bridgehead atoms. The van der Waals surface area contributed by atoms with Crippen LogP contribution in [-0.2, 0) is 31.5 Å². The quantitative estimate of drug-likeness (QED) is 0.562. The van der Waals surface area contributed by atoms with E-state index in [1.165, 1.54) is 0 Å². The Kier molecular flexibility index (Phi) is 5.47. The van der Waals surface area contributed by atoms with Gasteiger partial charge >= 0.3 is 5.97 Å². The van der Waals surface area contributed by atoms with E-state index in [1.807, 2.05) is 26.0 Å². The van der Waals surface area contributed by atoms with E-state index in [2.05, 4.69) is 0 Å². The molecule has 2 heterocycles. The number of methoxy groups -OCH3 is 2. The number of carbonyl (C=O) groups is 1. The van der Waals surface area contributed by atoms with E-state index >= 15 is 0 Å². The molecule has 0 spiro atoms. The average Bonchev–Trinajstić information content (AvgIpc) is 3.38. The van der Waals surface area contributed by atoms with Crippen LogP contribution in [0.15, 0.2) is 59.4 Å².